The van der Waals surface area contributed by atoms with Crippen molar-refractivity contribution in [3.63, 3.8) is 0 Å². The lowest BCUT2D eigenvalue weighted by Gasteiger charge is -2.35. The third-order valence-corrected chi connectivity index (χ3v) is 4.11. The second-order valence-electron chi connectivity index (χ2n) is 8.95. The molecule has 0 radical (unpaired) electrons. The lowest BCUT2D eigenvalue weighted by molar-refractivity contribution is -0.138. The second-order valence-corrected chi connectivity index (χ2v) is 8.95. The first-order chi connectivity index (χ1) is 10.4. The van der Waals surface area contributed by atoms with Crippen molar-refractivity contribution in [1.82, 2.24) is 15.1 Å². The molecule has 1 fully saturated rings. The van der Waals surface area contributed by atoms with Gasteiger partial charge in [-0.15, -0.1) is 0 Å². The van der Waals surface area contributed by atoms with Crippen molar-refractivity contribution in [3.05, 3.63) is 0 Å². The summed E-state index contributed by atoms with van der Waals surface area (Å²) in [6.07, 6.45) is 2.09. The molecule has 0 aromatic carbocycles. The van der Waals surface area contributed by atoms with Gasteiger partial charge in [0.1, 0.15) is 0 Å². The zero-order valence-corrected chi connectivity index (χ0v) is 16.0. The van der Waals surface area contributed by atoms with Gasteiger partial charge in [-0.1, -0.05) is 20.8 Å². The van der Waals surface area contributed by atoms with Crippen LogP contribution in [-0.2, 0) is 9.59 Å². The SMILES string of the molecule is CN(CC1CCN(CC(=O)NC(C)(C)C)CC1)C(=O)C(C)(C)C. The Morgan fingerprint density at radius 1 is 1.09 bits per heavy atom. The van der Waals surface area contributed by atoms with Crippen LogP contribution in [0.5, 0.6) is 0 Å². The molecule has 1 N–H and O–H groups in total. The highest BCUT2D eigenvalue weighted by Gasteiger charge is 2.28. The minimum Gasteiger partial charge on any atom is -0.350 e. The molecule has 1 saturated heterocycles. The minimum absolute atomic E-state index is 0.0935. The Labute approximate surface area is 141 Å². The molecule has 1 heterocycles. The topological polar surface area (TPSA) is 52.6 Å². The molecule has 1 aliphatic heterocycles. The van der Waals surface area contributed by atoms with E-state index in [0.29, 0.717) is 12.5 Å². The number of hydrogen-bond donors (Lipinski definition) is 1. The third kappa shape index (κ3) is 7.34. The summed E-state index contributed by atoms with van der Waals surface area (Å²) < 4.78 is 0. The molecule has 0 bridgehead atoms. The normalized spacial score (nSPS) is 17.9. The summed E-state index contributed by atoms with van der Waals surface area (Å²) in [4.78, 5) is 28.3. The fourth-order valence-electron chi connectivity index (χ4n) is 3.03. The van der Waals surface area contributed by atoms with Crippen LogP contribution in [0.2, 0.25) is 0 Å². The maximum Gasteiger partial charge on any atom is 0.234 e. The zero-order chi connectivity index (χ0) is 17.8. The van der Waals surface area contributed by atoms with Crippen LogP contribution >= 0.6 is 0 Å². The number of nitrogens with one attached hydrogen (secondary N) is 1. The van der Waals surface area contributed by atoms with Crippen LogP contribution in [-0.4, -0.2) is 60.4 Å². The van der Waals surface area contributed by atoms with E-state index < -0.39 is 0 Å². The van der Waals surface area contributed by atoms with Crippen molar-refractivity contribution in [1.29, 1.82) is 0 Å². The van der Waals surface area contributed by atoms with Gasteiger partial charge in [-0.3, -0.25) is 14.5 Å². The highest BCUT2D eigenvalue weighted by Crippen LogP contribution is 2.21. The van der Waals surface area contributed by atoms with Gasteiger partial charge < -0.3 is 10.2 Å². The van der Waals surface area contributed by atoms with Crippen molar-refractivity contribution >= 4 is 11.8 Å². The molecular formula is C18H35N3O2. The highest BCUT2D eigenvalue weighted by molar-refractivity contribution is 5.81. The monoisotopic (exact) mass is 325 g/mol. The second kappa shape index (κ2) is 7.65. The fraction of sp³-hybridized carbons (Fsp3) is 0.889. The van der Waals surface area contributed by atoms with Crippen molar-refractivity contribution in [2.24, 2.45) is 11.3 Å². The Morgan fingerprint density at radius 3 is 2.04 bits per heavy atom. The Bertz CT molecular complexity index is 413. The molecule has 0 unspecified atom stereocenters. The molecule has 0 aliphatic carbocycles. The first-order valence-corrected chi connectivity index (χ1v) is 8.67. The summed E-state index contributed by atoms with van der Waals surface area (Å²) in [7, 11) is 1.90. The highest BCUT2D eigenvalue weighted by atomic mass is 16.2. The zero-order valence-electron chi connectivity index (χ0n) is 16.0. The van der Waals surface area contributed by atoms with E-state index >= 15 is 0 Å². The average molecular weight is 325 g/mol. The van der Waals surface area contributed by atoms with Gasteiger partial charge in [0.15, 0.2) is 0 Å². The first kappa shape index (κ1) is 19.9. The van der Waals surface area contributed by atoms with Gasteiger partial charge in [0.25, 0.3) is 0 Å². The third-order valence-electron chi connectivity index (χ3n) is 4.11. The fourth-order valence-corrected chi connectivity index (χ4v) is 3.03. The molecule has 0 atom stereocenters. The number of piperidine rings is 1. The molecule has 5 heteroatoms. The molecule has 23 heavy (non-hydrogen) atoms. The summed E-state index contributed by atoms with van der Waals surface area (Å²) in [5.74, 6) is 0.827. The largest absolute Gasteiger partial charge is 0.350 e. The quantitative estimate of drug-likeness (QED) is 0.861. The summed E-state index contributed by atoms with van der Waals surface area (Å²) in [5, 5.41) is 3.01. The maximum atomic E-state index is 12.2. The number of carbonyl (C=O) groups is 2. The maximum absolute atomic E-state index is 12.2. The van der Waals surface area contributed by atoms with E-state index in [9.17, 15) is 9.59 Å². The average Bonchev–Trinajstić information content (AvgIpc) is 2.36. The van der Waals surface area contributed by atoms with Crippen LogP contribution in [0.25, 0.3) is 0 Å². The Kier molecular flexibility index (Phi) is 6.63. The van der Waals surface area contributed by atoms with E-state index in [1.54, 1.807) is 0 Å². The van der Waals surface area contributed by atoms with Crippen LogP contribution in [0.15, 0.2) is 0 Å². The Balaban J connectivity index is 2.36. The lowest BCUT2D eigenvalue weighted by atomic mass is 9.92. The van der Waals surface area contributed by atoms with Crippen LogP contribution in [0.3, 0.4) is 0 Å². The molecule has 1 aliphatic rings. The number of amides is 2. The van der Waals surface area contributed by atoms with Crippen LogP contribution < -0.4 is 5.32 Å². The van der Waals surface area contributed by atoms with Gasteiger partial charge in [-0.05, 0) is 52.6 Å². The number of likely N-dealkylation sites (tertiary alicyclic amines) is 1. The van der Waals surface area contributed by atoms with Gasteiger partial charge in [-0.2, -0.15) is 0 Å². The number of rotatable bonds is 4. The van der Waals surface area contributed by atoms with Gasteiger partial charge in [-0.25, -0.2) is 0 Å². The molecule has 134 valence electrons. The predicted octanol–water partition coefficient (Wildman–Crippen LogP) is 2.12. The van der Waals surface area contributed by atoms with Crippen molar-refractivity contribution in [2.45, 2.75) is 59.9 Å². The first-order valence-electron chi connectivity index (χ1n) is 8.67. The lowest BCUT2D eigenvalue weighted by Crippen LogP contribution is -2.48. The van der Waals surface area contributed by atoms with E-state index in [0.717, 1.165) is 32.5 Å². The smallest absolute Gasteiger partial charge is 0.234 e. The summed E-state index contributed by atoms with van der Waals surface area (Å²) in [6, 6.07) is 0. The van der Waals surface area contributed by atoms with Crippen molar-refractivity contribution < 1.29 is 9.59 Å². The van der Waals surface area contributed by atoms with E-state index in [-0.39, 0.29) is 22.8 Å². The van der Waals surface area contributed by atoms with E-state index in [1.165, 1.54) is 0 Å². The minimum atomic E-state index is -0.319. The number of nitrogens with zero attached hydrogens (tertiary/aromatic N) is 2. The van der Waals surface area contributed by atoms with Crippen molar-refractivity contribution in [3.8, 4) is 0 Å². The predicted molar refractivity (Wildman–Crippen MR) is 94.2 cm³/mol. The van der Waals surface area contributed by atoms with E-state index in [2.05, 4.69) is 10.2 Å². The van der Waals surface area contributed by atoms with Gasteiger partial charge in [0.05, 0.1) is 6.54 Å². The summed E-state index contributed by atoms with van der Waals surface area (Å²) in [6.45, 7) is 15.0. The van der Waals surface area contributed by atoms with Crippen molar-refractivity contribution in [2.75, 3.05) is 33.2 Å². The van der Waals surface area contributed by atoms with Crippen LogP contribution in [0.4, 0.5) is 0 Å². The van der Waals surface area contributed by atoms with Gasteiger partial charge >= 0.3 is 0 Å². The molecule has 0 aromatic rings. The summed E-state index contributed by atoms with van der Waals surface area (Å²) in [5.41, 5.74) is -0.494. The molecule has 1 rings (SSSR count). The van der Waals surface area contributed by atoms with Crippen LogP contribution in [0, 0.1) is 11.3 Å². The molecule has 2 amide bonds. The number of hydrogen-bond acceptors (Lipinski definition) is 3. The molecule has 0 saturated carbocycles. The Hall–Kier alpha value is -1.10. The molecule has 0 aromatic heterocycles. The molecule has 0 spiro atoms. The van der Waals surface area contributed by atoms with Crippen LogP contribution in [0.1, 0.15) is 54.4 Å². The standard InChI is InChI=1S/C18H35N3O2/c1-17(2,3)16(23)20(7)12-14-8-10-21(11-9-14)13-15(22)19-18(4,5)6/h14H,8-13H2,1-7H3,(H,19,22). The van der Waals surface area contributed by atoms with Gasteiger partial charge in [0, 0.05) is 24.5 Å². The Morgan fingerprint density at radius 2 is 1.61 bits per heavy atom. The molecular weight excluding hydrogens is 290 g/mol. The van der Waals surface area contributed by atoms with E-state index in [1.807, 2.05) is 53.5 Å². The van der Waals surface area contributed by atoms with Gasteiger partial charge in [0.2, 0.25) is 11.8 Å². The summed E-state index contributed by atoms with van der Waals surface area (Å²) >= 11 is 0. The number of carbonyl (C=O) groups excluding carboxylic acids is 2. The van der Waals surface area contributed by atoms with E-state index in [4.69, 9.17) is 0 Å². The molecule has 5 nitrogen and oxygen atoms in total.